The SMILES string of the molecule is COc1ccc(CN(Cc2[nH]c3ccc(F)cc3c2C)CC2CCCO2)c(OC)c1OC. The van der Waals surface area contributed by atoms with E-state index < -0.39 is 0 Å². The third-order valence-electron chi connectivity index (χ3n) is 6.17. The molecule has 0 aliphatic carbocycles. The van der Waals surface area contributed by atoms with E-state index in [1.807, 2.05) is 19.1 Å². The number of hydrogen-bond acceptors (Lipinski definition) is 5. The molecule has 0 bridgehead atoms. The van der Waals surface area contributed by atoms with E-state index in [-0.39, 0.29) is 11.9 Å². The average Bonchev–Trinajstić information content (AvgIpc) is 3.41. The van der Waals surface area contributed by atoms with Crippen LogP contribution in [0.15, 0.2) is 30.3 Å². The molecule has 172 valence electrons. The largest absolute Gasteiger partial charge is 0.493 e. The van der Waals surface area contributed by atoms with Crippen LogP contribution in [0, 0.1) is 12.7 Å². The number of methoxy groups -OCH3 is 3. The number of nitrogens with zero attached hydrogens (tertiary/aromatic N) is 1. The molecule has 3 aromatic rings. The first kappa shape index (κ1) is 22.4. The first-order valence-corrected chi connectivity index (χ1v) is 10.9. The fourth-order valence-corrected chi connectivity index (χ4v) is 4.53. The maximum Gasteiger partial charge on any atom is 0.203 e. The highest BCUT2D eigenvalue weighted by Crippen LogP contribution is 2.40. The van der Waals surface area contributed by atoms with E-state index in [1.165, 1.54) is 6.07 Å². The Morgan fingerprint density at radius 2 is 1.88 bits per heavy atom. The van der Waals surface area contributed by atoms with Gasteiger partial charge in [-0.1, -0.05) is 6.07 Å². The van der Waals surface area contributed by atoms with Crippen LogP contribution in [0.25, 0.3) is 10.9 Å². The van der Waals surface area contributed by atoms with Crippen molar-refractivity contribution in [3.05, 3.63) is 53.0 Å². The number of fused-ring (bicyclic) bond motifs is 1. The van der Waals surface area contributed by atoms with Crippen molar-refractivity contribution in [3.8, 4) is 17.2 Å². The van der Waals surface area contributed by atoms with Gasteiger partial charge >= 0.3 is 0 Å². The lowest BCUT2D eigenvalue weighted by Gasteiger charge is -2.26. The monoisotopic (exact) mass is 442 g/mol. The van der Waals surface area contributed by atoms with Gasteiger partial charge in [-0.15, -0.1) is 0 Å². The molecule has 32 heavy (non-hydrogen) atoms. The van der Waals surface area contributed by atoms with Gasteiger partial charge in [-0.2, -0.15) is 0 Å². The van der Waals surface area contributed by atoms with Crippen molar-refractivity contribution < 1.29 is 23.3 Å². The number of nitrogens with one attached hydrogen (secondary N) is 1. The number of rotatable bonds is 9. The van der Waals surface area contributed by atoms with Crippen molar-refractivity contribution in [3.63, 3.8) is 0 Å². The van der Waals surface area contributed by atoms with Gasteiger partial charge in [-0.3, -0.25) is 4.90 Å². The molecule has 0 spiro atoms. The molecule has 1 fully saturated rings. The normalized spacial score (nSPS) is 16.1. The van der Waals surface area contributed by atoms with E-state index in [0.717, 1.165) is 53.7 Å². The van der Waals surface area contributed by atoms with Crippen LogP contribution in [-0.2, 0) is 17.8 Å². The minimum absolute atomic E-state index is 0.197. The lowest BCUT2D eigenvalue weighted by atomic mass is 10.1. The van der Waals surface area contributed by atoms with E-state index in [2.05, 4.69) is 9.88 Å². The topological polar surface area (TPSA) is 56.0 Å². The Morgan fingerprint density at radius 1 is 1.06 bits per heavy atom. The van der Waals surface area contributed by atoms with Gasteiger partial charge in [0.2, 0.25) is 5.75 Å². The Bertz CT molecular complexity index is 1080. The van der Waals surface area contributed by atoms with Crippen LogP contribution < -0.4 is 14.2 Å². The molecular weight excluding hydrogens is 411 g/mol. The van der Waals surface area contributed by atoms with Crippen molar-refractivity contribution >= 4 is 10.9 Å². The molecule has 1 N–H and O–H groups in total. The molecule has 4 rings (SSSR count). The molecule has 1 saturated heterocycles. The summed E-state index contributed by atoms with van der Waals surface area (Å²) in [6.45, 7) is 4.96. The third kappa shape index (κ3) is 4.54. The van der Waals surface area contributed by atoms with Crippen LogP contribution in [0.2, 0.25) is 0 Å². The molecular formula is C25H31FN2O4. The number of benzene rings is 2. The van der Waals surface area contributed by atoms with Crippen LogP contribution in [0.3, 0.4) is 0 Å². The molecule has 1 aliphatic heterocycles. The van der Waals surface area contributed by atoms with Gasteiger partial charge in [0, 0.05) is 48.4 Å². The lowest BCUT2D eigenvalue weighted by Crippen LogP contribution is -2.32. The number of hydrogen-bond donors (Lipinski definition) is 1. The summed E-state index contributed by atoms with van der Waals surface area (Å²) in [6, 6.07) is 8.78. The first-order chi connectivity index (χ1) is 15.5. The molecule has 1 aromatic heterocycles. The minimum Gasteiger partial charge on any atom is -0.493 e. The van der Waals surface area contributed by atoms with Crippen molar-refractivity contribution in [1.82, 2.24) is 9.88 Å². The summed E-state index contributed by atoms with van der Waals surface area (Å²) in [5, 5.41) is 0.917. The summed E-state index contributed by atoms with van der Waals surface area (Å²) in [5.41, 5.74) is 4.08. The number of aromatic amines is 1. The molecule has 0 saturated carbocycles. The number of ether oxygens (including phenoxy) is 4. The van der Waals surface area contributed by atoms with Crippen molar-refractivity contribution in [1.29, 1.82) is 0 Å². The molecule has 6 nitrogen and oxygen atoms in total. The van der Waals surface area contributed by atoms with Crippen LogP contribution in [0.5, 0.6) is 17.2 Å². The second-order valence-electron chi connectivity index (χ2n) is 8.22. The molecule has 0 amide bonds. The van der Waals surface area contributed by atoms with E-state index in [0.29, 0.717) is 30.3 Å². The second-order valence-corrected chi connectivity index (χ2v) is 8.22. The highest BCUT2D eigenvalue weighted by atomic mass is 19.1. The second kappa shape index (κ2) is 9.79. The van der Waals surface area contributed by atoms with Gasteiger partial charge < -0.3 is 23.9 Å². The lowest BCUT2D eigenvalue weighted by molar-refractivity contribution is 0.0671. The Kier molecular flexibility index (Phi) is 6.86. The number of aromatic nitrogens is 1. The Labute approximate surface area is 188 Å². The Hall–Kier alpha value is -2.77. The van der Waals surface area contributed by atoms with E-state index in [4.69, 9.17) is 18.9 Å². The summed E-state index contributed by atoms with van der Waals surface area (Å²) in [4.78, 5) is 5.82. The molecule has 2 aromatic carbocycles. The van der Waals surface area contributed by atoms with E-state index in [1.54, 1.807) is 33.5 Å². The minimum atomic E-state index is -0.225. The summed E-state index contributed by atoms with van der Waals surface area (Å²) < 4.78 is 36.4. The summed E-state index contributed by atoms with van der Waals surface area (Å²) in [7, 11) is 4.87. The molecule has 1 unspecified atom stereocenters. The molecule has 7 heteroatoms. The summed E-state index contributed by atoms with van der Waals surface area (Å²) in [6.07, 6.45) is 2.34. The first-order valence-electron chi connectivity index (χ1n) is 10.9. The number of H-pyrrole nitrogens is 1. The maximum absolute atomic E-state index is 13.8. The quantitative estimate of drug-likeness (QED) is 0.515. The van der Waals surface area contributed by atoms with Crippen molar-refractivity contribution in [2.75, 3.05) is 34.5 Å². The Morgan fingerprint density at radius 3 is 2.56 bits per heavy atom. The van der Waals surface area contributed by atoms with Crippen LogP contribution in [0.4, 0.5) is 4.39 Å². The highest BCUT2D eigenvalue weighted by Gasteiger charge is 2.23. The zero-order valence-corrected chi connectivity index (χ0v) is 19.2. The summed E-state index contributed by atoms with van der Waals surface area (Å²) in [5.74, 6) is 1.66. The third-order valence-corrected chi connectivity index (χ3v) is 6.17. The highest BCUT2D eigenvalue weighted by molar-refractivity contribution is 5.84. The standard InChI is InChI=1S/C25H31FN2O4/c1-16-20-12-18(26)8-9-21(20)27-22(16)15-28(14-19-6-5-11-32-19)13-17-7-10-23(29-2)25(31-4)24(17)30-3/h7-10,12,19,27H,5-6,11,13-15H2,1-4H3. The van der Waals surface area contributed by atoms with Crippen LogP contribution >= 0.6 is 0 Å². The van der Waals surface area contributed by atoms with Crippen LogP contribution in [-0.4, -0.2) is 50.5 Å². The van der Waals surface area contributed by atoms with E-state index in [9.17, 15) is 4.39 Å². The zero-order valence-electron chi connectivity index (χ0n) is 19.2. The number of halogens is 1. The van der Waals surface area contributed by atoms with Gasteiger partial charge in [-0.25, -0.2) is 4.39 Å². The van der Waals surface area contributed by atoms with Crippen LogP contribution in [0.1, 0.15) is 29.7 Å². The van der Waals surface area contributed by atoms with Crippen molar-refractivity contribution in [2.45, 2.75) is 39.0 Å². The fraction of sp³-hybridized carbons (Fsp3) is 0.440. The average molecular weight is 443 g/mol. The van der Waals surface area contributed by atoms with Gasteiger partial charge in [0.05, 0.1) is 27.4 Å². The van der Waals surface area contributed by atoms with Gasteiger partial charge in [0.25, 0.3) is 0 Å². The molecule has 0 radical (unpaired) electrons. The summed E-state index contributed by atoms with van der Waals surface area (Å²) >= 11 is 0. The Balaban J connectivity index is 1.65. The smallest absolute Gasteiger partial charge is 0.203 e. The van der Waals surface area contributed by atoms with E-state index >= 15 is 0 Å². The predicted octanol–water partition coefficient (Wildman–Crippen LogP) is 4.82. The number of aryl methyl sites for hydroxylation is 1. The van der Waals surface area contributed by atoms with Gasteiger partial charge in [0.15, 0.2) is 11.5 Å². The van der Waals surface area contributed by atoms with Crippen molar-refractivity contribution in [2.24, 2.45) is 0 Å². The zero-order chi connectivity index (χ0) is 22.7. The molecule has 1 aliphatic rings. The predicted molar refractivity (Wildman–Crippen MR) is 122 cm³/mol. The van der Waals surface area contributed by atoms with Gasteiger partial charge in [0.1, 0.15) is 5.82 Å². The molecule has 1 atom stereocenters. The maximum atomic E-state index is 13.8. The van der Waals surface area contributed by atoms with Gasteiger partial charge in [-0.05, 0) is 49.6 Å². The molecule has 2 heterocycles. The fourth-order valence-electron chi connectivity index (χ4n) is 4.53.